The molecule has 1 heterocycles. The molecule has 0 aromatic heterocycles. The highest BCUT2D eigenvalue weighted by Crippen LogP contribution is 2.37. The fourth-order valence-electron chi connectivity index (χ4n) is 3.60. The molecular weight excluding hydrogens is 320 g/mol. The maximum absolute atomic E-state index is 12.3. The molecule has 1 aliphatic carbocycles. The van der Waals surface area contributed by atoms with Gasteiger partial charge in [0.15, 0.2) is 0 Å². The van der Waals surface area contributed by atoms with Crippen molar-refractivity contribution in [3.8, 4) is 0 Å². The van der Waals surface area contributed by atoms with Crippen LogP contribution in [0.5, 0.6) is 0 Å². The van der Waals surface area contributed by atoms with Crippen LogP contribution in [0.3, 0.4) is 0 Å². The Hall–Kier alpha value is -1.62. The van der Waals surface area contributed by atoms with Gasteiger partial charge in [-0.15, -0.1) is 0 Å². The van der Waals surface area contributed by atoms with E-state index in [-0.39, 0.29) is 36.3 Å². The van der Waals surface area contributed by atoms with Crippen LogP contribution in [0.2, 0.25) is 0 Å². The van der Waals surface area contributed by atoms with Gasteiger partial charge in [-0.3, -0.25) is 9.59 Å². The molecule has 0 radical (unpaired) electrons. The molecular formula is C20H30O5. The zero-order valence-corrected chi connectivity index (χ0v) is 15.7. The average molecular weight is 350 g/mol. The highest BCUT2D eigenvalue weighted by molar-refractivity contribution is 5.76. The van der Waals surface area contributed by atoms with Gasteiger partial charge in [-0.05, 0) is 37.3 Å². The summed E-state index contributed by atoms with van der Waals surface area (Å²) in [5, 5.41) is 9.58. The van der Waals surface area contributed by atoms with E-state index in [1.165, 1.54) is 0 Å². The minimum atomic E-state index is -0.451. The molecule has 5 nitrogen and oxygen atoms in total. The summed E-state index contributed by atoms with van der Waals surface area (Å²) >= 11 is 0. The molecule has 0 bridgehead atoms. The Balaban J connectivity index is 2.32. The summed E-state index contributed by atoms with van der Waals surface area (Å²) < 4.78 is 11.3. The summed E-state index contributed by atoms with van der Waals surface area (Å²) in [4.78, 5) is 24.4. The van der Waals surface area contributed by atoms with Crippen LogP contribution in [0.1, 0.15) is 53.4 Å². The Morgan fingerprint density at radius 2 is 2.16 bits per heavy atom. The number of hydrogen-bond acceptors (Lipinski definition) is 5. The molecule has 5 heteroatoms. The van der Waals surface area contributed by atoms with Crippen molar-refractivity contribution in [3.05, 3.63) is 23.3 Å². The third kappa shape index (κ3) is 5.18. The molecule has 0 amide bonds. The minimum absolute atomic E-state index is 0.0557. The second kappa shape index (κ2) is 8.65. The molecule has 1 saturated heterocycles. The van der Waals surface area contributed by atoms with Gasteiger partial charge in [0.05, 0.1) is 18.4 Å². The summed E-state index contributed by atoms with van der Waals surface area (Å²) in [7, 11) is 0. The van der Waals surface area contributed by atoms with Gasteiger partial charge in [0.2, 0.25) is 0 Å². The fraction of sp³-hybridized carbons (Fsp3) is 0.700. The van der Waals surface area contributed by atoms with E-state index in [9.17, 15) is 14.7 Å². The van der Waals surface area contributed by atoms with E-state index >= 15 is 0 Å². The molecule has 4 atom stereocenters. The number of rotatable bonds is 4. The summed E-state index contributed by atoms with van der Waals surface area (Å²) in [6, 6.07) is 0. The lowest BCUT2D eigenvalue weighted by Crippen LogP contribution is -2.36. The van der Waals surface area contributed by atoms with Crippen molar-refractivity contribution in [1.82, 2.24) is 0 Å². The summed E-state index contributed by atoms with van der Waals surface area (Å²) in [6.45, 7) is 7.74. The van der Waals surface area contributed by atoms with E-state index in [2.05, 4.69) is 6.08 Å². The Bertz CT molecular complexity index is 560. The first-order chi connectivity index (χ1) is 11.8. The molecule has 2 aliphatic rings. The van der Waals surface area contributed by atoms with Crippen LogP contribution in [-0.4, -0.2) is 35.9 Å². The number of allylic oxidation sites excluding steroid dienone is 1. The molecule has 1 aliphatic heterocycles. The first-order valence-corrected chi connectivity index (χ1v) is 9.17. The first kappa shape index (κ1) is 19.7. The lowest BCUT2D eigenvalue weighted by atomic mass is 9.82. The van der Waals surface area contributed by atoms with Crippen molar-refractivity contribution < 1.29 is 24.2 Å². The summed E-state index contributed by atoms with van der Waals surface area (Å²) in [5.41, 5.74) is 1.99. The Labute approximate surface area is 150 Å². The second-order valence-electron chi connectivity index (χ2n) is 7.67. The van der Waals surface area contributed by atoms with Crippen LogP contribution in [0.15, 0.2) is 23.3 Å². The minimum Gasteiger partial charge on any atom is -0.462 e. The van der Waals surface area contributed by atoms with Gasteiger partial charge in [0.25, 0.3) is 0 Å². The lowest BCUT2D eigenvalue weighted by molar-refractivity contribution is -0.154. The van der Waals surface area contributed by atoms with Crippen LogP contribution < -0.4 is 0 Å². The van der Waals surface area contributed by atoms with Crippen molar-refractivity contribution in [2.24, 2.45) is 17.8 Å². The van der Waals surface area contributed by atoms with E-state index in [0.717, 1.165) is 24.0 Å². The fourth-order valence-corrected chi connectivity index (χ4v) is 3.60. The SMILES string of the molecule is C/C1=C\CC/C(CO)=C/[C@H]2OC(=O)[C@@H](C)[C@@H]2[C@@H](OC(=O)CC(C)C)C1. The maximum Gasteiger partial charge on any atom is 0.309 e. The van der Waals surface area contributed by atoms with E-state index in [1.807, 2.05) is 33.8 Å². The van der Waals surface area contributed by atoms with Gasteiger partial charge >= 0.3 is 11.9 Å². The monoisotopic (exact) mass is 350 g/mol. The van der Waals surface area contributed by atoms with E-state index < -0.39 is 12.2 Å². The summed E-state index contributed by atoms with van der Waals surface area (Å²) in [6.07, 6.45) is 5.63. The Kier molecular flexibility index (Phi) is 6.82. The molecule has 140 valence electrons. The van der Waals surface area contributed by atoms with Crippen molar-refractivity contribution in [2.75, 3.05) is 6.61 Å². The quantitative estimate of drug-likeness (QED) is 0.623. The zero-order valence-electron chi connectivity index (χ0n) is 15.7. The second-order valence-corrected chi connectivity index (χ2v) is 7.67. The maximum atomic E-state index is 12.3. The van der Waals surface area contributed by atoms with Crippen LogP contribution in [0, 0.1) is 17.8 Å². The summed E-state index contributed by atoms with van der Waals surface area (Å²) in [5.74, 6) is -0.855. The van der Waals surface area contributed by atoms with Crippen LogP contribution in [0.25, 0.3) is 0 Å². The van der Waals surface area contributed by atoms with Crippen molar-refractivity contribution in [3.63, 3.8) is 0 Å². The number of hydrogen-bond donors (Lipinski definition) is 1. The average Bonchev–Trinajstić information content (AvgIpc) is 2.79. The molecule has 0 aromatic rings. The normalized spacial score (nSPS) is 34.4. The van der Waals surface area contributed by atoms with Crippen molar-refractivity contribution in [2.45, 2.75) is 65.6 Å². The molecule has 1 N–H and O–H groups in total. The van der Waals surface area contributed by atoms with Gasteiger partial charge in [0, 0.05) is 12.8 Å². The molecule has 0 spiro atoms. The van der Waals surface area contributed by atoms with Crippen LogP contribution >= 0.6 is 0 Å². The number of carbonyl (C=O) groups excluding carboxylic acids is 2. The predicted octanol–water partition coefficient (Wildman–Crippen LogP) is 3.17. The number of esters is 2. The van der Waals surface area contributed by atoms with Gasteiger partial charge in [0.1, 0.15) is 12.2 Å². The highest BCUT2D eigenvalue weighted by Gasteiger charge is 2.47. The standard InChI is InChI=1S/C20H30O5/c1-12(2)8-18(22)24-16-9-13(3)6-5-7-15(11-21)10-17-19(16)14(4)20(23)25-17/h6,10,12,14,16-17,19,21H,5,7-9,11H2,1-4H3/b13-6+,15-10-/t14-,16-,17+,19+/m0/s1. The smallest absolute Gasteiger partial charge is 0.309 e. The van der Waals surface area contributed by atoms with Crippen molar-refractivity contribution in [1.29, 1.82) is 0 Å². The predicted molar refractivity (Wildman–Crippen MR) is 94.6 cm³/mol. The van der Waals surface area contributed by atoms with Crippen LogP contribution in [0.4, 0.5) is 0 Å². The van der Waals surface area contributed by atoms with E-state index in [4.69, 9.17) is 9.47 Å². The molecule has 0 aromatic carbocycles. The highest BCUT2D eigenvalue weighted by atomic mass is 16.6. The largest absolute Gasteiger partial charge is 0.462 e. The van der Waals surface area contributed by atoms with Gasteiger partial charge in [-0.25, -0.2) is 0 Å². The Morgan fingerprint density at radius 3 is 2.80 bits per heavy atom. The molecule has 25 heavy (non-hydrogen) atoms. The third-order valence-electron chi connectivity index (χ3n) is 4.95. The van der Waals surface area contributed by atoms with Crippen molar-refractivity contribution >= 4 is 11.9 Å². The third-order valence-corrected chi connectivity index (χ3v) is 4.95. The lowest BCUT2D eigenvalue weighted by Gasteiger charge is -2.29. The first-order valence-electron chi connectivity index (χ1n) is 9.17. The van der Waals surface area contributed by atoms with E-state index in [0.29, 0.717) is 12.8 Å². The number of carbonyl (C=O) groups is 2. The van der Waals surface area contributed by atoms with E-state index in [1.54, 1.807) is 0 Å². The molecule has 1 fully saturated rings. The van der Waals surface area contributed by atoms with Gasteiger partial charge < -0.3 is 14.6 Å². The number of fused-ring (bicyclic) bond motifs is 1. The number of aliphatic hydroxyl groups excluding tert-OH is 1. The number of ether oxygens (including phenoxy) is 2. The van der Waals surface area contributed by atoms with Gasteiger partial charge in [-0.1, -0.05) is 32.4 Å². The molecule has 2 rings (SSSR count). The number of aliphatic hydroxyl groups is 1. The Morgan fingerprint density at radius 1 is 1.44 bits per heavy atom. The van der Waals surface area contributed by atoms with Gasteiger partial charge in [-0.2, -0.15) is 0 Å². The molecule has 0 saturated carbocycles. The zero-order chi connectivity index (χ0) is 18.6. The van der Waals surface area contributed by atoms with Crippen LogP contribution in [-0.2, 0) is 19.1 Å². The topological polar surface area (TPSA) is 72.8 Å². The molecule has 0 unspecified atom stereocenters.